The van der Waals surface area contributed by atoms with Crippen LogP contribution in [0.3, 0.4) is 0 Å². The van der Waals surface area contributed by atoms with Gasteiger partial charge >= 0.3 is 4.87 Å². The van der Waals surface area contributed by atoms with Gasteiger partial charge in [0.2, 0.25) is 0 Å². The fourth-order valence-electron chi connectivity index (χ4n) is 1.10. The third kappa shape index (κ3) is 0.956. The second-order valence-corrected chi connectivity index (χ2v) is 3.69. The summed E-state index contributed by atoms with van der Waals surface area (Å²) < 4.78 is 2.53. The average molecular weight is 180 g/mol. The van der Waals surface area contributed by atoms with Crippen molar-refractivity contribution >= 4 is 21.7 Å². The number of nitrogens with zero attached hydrogens (tertiary/aromatic N) is 2. The molecule has 3 nitrogen and oxygen atoms in total. The van der Waals surface area contributed by atoms with Gasteiger partial charge in [-0.05, 0) is 19.1 Å². The normalized spacial score (nSPS) is 10.8. The highest BCUT2D eigenvalue weighted by atomic mass is 32.1. The largest absolute Gasteiger partial charge is 0.309 e. The summed E-state index contributed by atoms with van der Waals surface area (Å²) in [5.74, 6) is 0. The smallest absolute Gasteiger partial charge is 0.286 e. The van der Waals surface area contributed by atoms with Crippen LogP contribution in [0.25, 0.3) is 10.3 Å². The number of thiazole rings is 1. The Kier molecular flexibility index (Phi) is 1.51. The van der Waals surface area contributed by atoms with E-state index in [1.165, 1.54) is 11.3 Å². The first-order chi connectivity index (χ1) is 5.68. The van der Waals surface area contributed by atoms with E-state index < -0.39 is 0 Å². The Bertz CT molecular complexity index is 483. The van der Waals surface area contributed by atoms with Crippen LogP contribution in [0.2, 0.25) is 0 Å². The molecule has 0 unspecified atom stereocenters. The van der Waals surface area contributed by atoms with Crippen LogP contribution >= 0.6 is 11.3 Å². The van der Waals surface area contributed by atoms with Crippen molar-refractivity contribution in [1.29, 1.82) is 0 Å². The fourth-order valence-corrected chi connectivity index (χ4v) is 1.92. The minimum atomic E-state index is 0.0445. The van der Waals surface area contributed by atoms with Gasteiger partial charge in [-0.15, -0.1) is 0 Å². The summed E-state index contributed by atoms with van der Waals surface area (Å²) in [6.45, 7) is 1.92. The van der Waals surface area contributed by atoms with E-state index in [2.05, 4.69) is 4.98 Å². The molecule has 2 rings (SSSR count). The molecule has 0 fully saturated rings. The van der Waals surface area contributed by atoms with E-state index in [4.69, 9.17) is 0 Å². The van der Waals surface area contributed by atoms with Crippen molar-refractivity contribution in [2.75, 3.05) is 0 Å². The van der Waals surface area contributed by atoms with Gasteiger partial charge in [-0.3, -0.25) is 9.36 Å². The molecule has 0 aromatic carbocycles. The molecule has 2 heterocycles. The number of fused-ring (bicyclic) bond motifs is 1. The number of hydrogen-bond acceptors (Lipinski definition) is 3. The molecule has 0 atom stereocenters. The second-order valence-electron chi connectivity index (χ2n) is 2.70. The first kappa shape index (κ1) is 7.49. The minimum absolute atomic E-state index is 0.0445. The zero-order chi connectivity index (χ0) is 8.72. The van der Waals surface area contributed by atoms with Crippen molar-refractivity contribution in [1.82, 2.24) is 9.55 Å². The van der Waals surface area contributed by atoms with E-state index >= 15 is 0 Å². The average Bonchev–Trinajstić information content (AvgIpc) is 2.31. The predicted octanol–water partition coefficient (Wildman–Crippen LogP) is 1.30. The zero-order valence-electron chi connectivity index (χ0n) is 6.87. The van der Waals surface area contributed by atoms with Crippen LogP contribution < -0.4 is 4.87 Å². The van der Waals surface area contributed by atoms with E-state index in [1.807, 2.05) is 19.1 Å². The molecule has 0 amide bonds. The SMILES string of the molecule is Cc1ccc2sc(=O)n(C)c2n1. The van der Waals surface area contributed by atoms with Gasteiger partial charge in [0, 0.05) is 12.7 Å². The van der Waals surface area contributed by atoms with Gasteiger partial charge < -0.3 is 0 Å². The van der Waals surface area contributed by atoms with Crippen molar-refractivity contribution in [3.63, 3.8) is 0 Å². The molecule has 0 aliphatic heterocycles. The topological polar surface area (TPSA) is 34.9 Å². The summed E-state index contributed by atoms with van der Waals surface area (Å²) >= 11 is 1.23. The third-order valence-electron chi connectivity index (χ3n) is 1.77. The van der Waals surface area contributed by atoms with Crippen LogP contribution in [0.1, 0.15) is 5.69 Å². The van der Waals surface area contributed by atoms with Gasteiger partial charge in [0.15, 0.2) is 5.65 Å². The van der Waals surface area contributed by atoms with Gasteiger partial charge in [-0.25, -0.2) is 4.98 Å². The number of rotatable bonds is 0. The summed E-state index contributed by atoms with van der Waals surface area (Å²) in [5.41, 5.74) is 1.72. The molecule has 0 saturated carbocycles. The van der Waals surface area contributed by atoms with E-state index in [9.17, 15) is 4.79 Å². The lowest BCUT2D eigenvalue weighted by atomic mass is 10.4. The van der Waals surface area contributed by atoms with E-state index in [0.717, 1.165) is 16.0 Å². The first-order valence-electron chi connectivity index (χ1n) is 3.61. The molecule has 0 bridgehead atoms. The molecule has 12 heavy (non-hydrogen) atoms. The van der Waals surface area contributed by atoms with Crippen LogP contribution in [0.15, 0.2) is 16.9 Å². The molecule has 0 saturated heterocycles. The molecule has 2 aromatic rings. The van der Waals surface area contributed by atoms with Crippen molar-refractivity contribution in [2.24, 2.45) is 7.05 Å². The van der Waals surface area contributed by atoms with Gasteiger partial charge in [0.1, 0.15) is 0 Å². The van der Waals surface area contributed by atoms with Crippen LogP contribution in [0, 0.1) is 6.92 Å². The zero-order valence-corrected chi connectivity index (χ0v) is 7.68. The molecule has 0 spiro atoms. The summed E-state index contributed by atoms with van der Waals surface area (Å²) in [6.07, 6.45) is 0. The third-order valence-corrected chi connectivity index (χ3v) is 2.75. The van der Waals surface area contributed by atoms with Gasteiger partial charge in [0.25, 0.3) is 0 Å². The molecule has 62 valence electrons. The number of aryl methyl sites for hydroxylation is 2. The molecular formula is C8H8N2OS. The van der Waals surface area contributed by atoms with Crippen LogP contribution in [-0.4, -0.2) is 9.55 Å². The highest BCUT2D eigenvalue weighted by Crippen LogP contribution is 2.13. The Morgan fingerprint density at radius 1 is 1.50 bits per heavy atom. The molecule has 0 radical (unpaired) electrons. The molecule has 0 aliphatic rings. The lowest BCUT2D eigenvalue weighted by Gasteiger charge is -1.93. The summed E-state index contributed by atoms with van der Waals surface area (Å²) in [7, 11) is 1.74. The minimum Gasteiger partial charge on any atom is -0.286 e. The Morgan fingerprint density at radius 2 is 2.25 bits per heavy atom. The van der Waals surface area contributed by atoms with Crippen molar-refractivity contribution in [2.45, 2.75) is 6.92 Å². The van der Waals surface area contributed by atoms with E-state index in [1.54, 1.807) is 11.6 Å². The standard InChI is InChI=1S/C8H8N2OS/c1-5-3-4-6-7(9-5)10(2)8(11)12-6/h3-4H,1-2H3. The second kappa shape index (κ2) is 2.42. The molecular weight excluding hydrogens is 172 g/mol. The number of aromatic nitrogens is 2. The number of pyridine rings is 1. The quantitative estimate of drug-likeness (QED) is 0.612. The first-order valence-corrected chi connectivity index (χ1v) is 4.43. The van der Waals surface area contributed by atoms with Gasteiger partial charge in [0.05, 0.1) is 4.70 Å². The van der Waals surface area contributed by atoms with Crippen LogP contribution in [0.5, 0.6) is 0 Å². The number of hydrogen-bond donors (Lipinski definition) is 0. The Morgan fingerprint density at radius 3 is 3.00 bits per heavy atom. The van der Waals surface area contributed by atoms with Gasteiger partial charge in [-0.1, -0.05) is 11.3 Å². The molecule has 2 aromatic heterocycles. The lowest BCUT2D eigenvalue weighted by Crippen LogP contribution is -2.07. The molecule has 0 N–H and O–H groups in total. The predicted molar refractivity (Wildman–Crippen MR) is 49.6 cm³/mol. The maximum absolute atomic E-state index is 11.2. The summed E-state index contributed by atoms with van der Waals surface area (Å²) in [5, 5.41) is 0. The molecule has 4 heteroatoms. The molecule has 0 aliphatic carbocycles. The van der Waals surface area contributed by atoms with Crippen LogP contribution in [0.4, 0.5) is 0 Å². The maximum atomic E-state index is 11.2. The fraction of sp³-hybridized carbons (Fsp3) is 0.250. The maximum Gasteiger partial charge on any atom is 0.309 e. The lowest BCUT2D eigenvalue weighted by molar-refractivity contribution is 0.915. The van der Waals surface area contributed by atoms with Crippen molar-refractivity contribution < 1.29 is 0 Å². The Labute approximate surface area is 73.3 Å². The van der Waals surface area contributed by atoms with Crippen LogP contribution in [-0.2, 0) is 7.05 Å². The Hall–Kier alpha value is -1.16. The Balaban J connectivity index is 2.98. The summed E-state index contributed by atoms with van der Waals surface area (Å²) in [4.78, 5) is 15.5. The monoisotopic (exact) mass is 180 g/mol. The van der Waals surface area contributed by atoms with Crippen molar-refractivity contribution in [3.05, 3.63) is 27.5 Å². The van der Waals surface area contributed by atoms with E-state index in [-0.39, 0.29) is 4.87 Å². The summed E-state index contributed by atoms with van der Waals surface area (Å²) in [6, 6.07) is 3.85. The van der Waals surface area contributed by atoms with E-state index in [0.29, 0.717) is 0 Å². The van der Waals surface area contributed by atoms with Gasteiger partial charge in [-0.2, -0.15) is 0 Å². The van der Waals surface area contributed by atoms with Crippen molar-refractivity contribution in [3.8, 4) is 0 Å². The highest BCUT2D eigenvalue weighted by Gasteiger charge is 2.03. The highest BCUT2D eigenvalue weighted by molar-refractivity contribution is 7.16.